The van der Waals surface area contributed by atoms with E-state index >= 15 is 0 Å². The highest BCUT2D eigenvalue weighted by atomic mass is 127. The van der Waals surface area contributed by atoms with Crippen molar-refractivity contribution in [2.45, 2.75) is 26.3 Å². The Morgan fingerprint density at radius 2 is 2.33 bits per heavy atom. The van der Waals surface area contributed by atoms with Crippen molar-refractivity contribution >= 4 is 34.4 Å². The number of carbonyl (C=O) groups is 1. The van der Waals surface area contributed by atoms with Crippen LogP contribution in [0.2, 0.25) is 0 Å². The molecule has 2 aromatic heterocycles. The van der Waals surface area contributed by atoms with Gasteiger partial charge in [0.15, 0.2) is 0 Å². The summed E-state index contributed by atoms with van der Waals surface area (Å²) in [6, 6.07) is 1.83. The first-order valence-corrected chi connectivity index (χ1v) is 7.72. The van der Waals surface area contributed by atoms with Crippen LogP contribution in [0, 0.1) is 3.57 Å². The van der Waals surface area contributed by atoms with Crippen molar-refractivity contribution in [3.8, 4) is 0 Å². The molecule has 0 aliphatic heterocycles. The number of amides is 1. The van der Waals surface area contributed by atoms with Gasteiger partial charge in [0.1, 0.15) is 12.8 Å². The van der Waals surface area contributed by atoms with Crippen molar-refractivity contribution < 1.29 is 13.9 Å². The molecule has 0 atom stereocenters. The zero-order valence-electron chi connectivity index (χ0n) is 11.7. The summed E-state index contributed by atoms with van der Waals surface area (Å²) in [5, 5.41) is 0. The highest BCUT2D eigenvalue weighted by Gasteiger charge is 2.21. The van der Waals surface area contributed by atoms with Gasteiger partial charge >= 0.3 is 6.09 Å². The Bertz CT molecular complexity index is 575. The topological polar surface area (TPSA) is 68.5 Å². The number of oxazole rings is 1. The molecule has 0 fully saturated rings. The van der Waals surface area contributed by atoms with Crippen LogP contribution in [0.15, 0.2) is 35.3 Å². The third kappa shape index (κ3) is 4.42. The van der Waals surface area contributed by atoms with E-state index in [9.17, 15) is 4.79 Å². The number of ether oxygens (including phenoxy) is 1. The highest BCUT2D eigenvalue weighted by Crippen LogP contribution is 2.23. The van der Waals surface area contributed by atoms with Crippen LogP contribution in [0.25, 0.3) is 0 Å². The van der Waals surface area contributed by atoms with Crippen molar-refractivity contribution in [3.05, 3.63) is 40.4 Å². The summed E-state index contributed by atoms with van der Waals surface area (Å²) in [4.78, 5) is 21.9. The van der Waals surface area contributed by atoms with Gasteiger partial charge in [-0.25, -0.2) is 9.78 Å². The standard InChI is InChI=1S/C14H16IN3O3/c1-2-3-7-21-14(19)18(10-13-17-6-8-20-13)12-9-16-5-4-11(12)15/h4-6,8-9H,2-3,7,10H2,1H3. The monoisotopic (exact) mass is 401 g/mol. The minimum absolute atomic E-state index is 0.208. The van der Waals surface area contributed by atoms with Gasteiger partial charge in [0.2, 0.25) is 5.89 Å². The van der Waals surface area contributed by atoms with Gasteiger partial charge in [-0.05, 0) is 35.1 Å². The predicted molar refractivity (Wildman–Crippen MR) is 85.9 cm³/mol. The number of carbonyl (C=O) groups excluding carboxylic acids is 1. The number of anilines is 1. The number of aromatic nitrogens is 2. The summed E-state index contributed by atoms with van der Waals surface area (Å²) in [5.74, 6) is 0.446. The molecule has 0 N–H and O–H groups in total. The Labute approximate surface area is 136 Å². The van der Waals surface area contributed by atoms with Crippen molar-refractivity contribution in [2.75, 3.05) is 11.5 Å². The van der Waals surface area contributed by atoms with E-state index in [4.69, 9.17) is 9.15 Å². The summed E-state index contributed by atoms with van der Waals surface area (Å²) >= 11 is 2.15. The minimum Gasteiger partial charge on any atom is -0.449 e. The van der Waals surface area contributed by atoms with Gasteiger partial charge in [0.05, 0.1) is 24.7 Å². The van der Waals surface area contributed by atoms with Crippen LogP contribution in [0.1, 0.15) is 25.7 Å². The maximum absolute atomic E-state index is 12.3. The molecule has 1 amide bonds. The van der Waals surface area contributed by atoms with E-state index in [1.54, 1.807) is 18.6 Å². The van der Waals surface area contributed by atoms with Crippen LogP contribution in [0.4, 0.5) is 10.5 Å². The smallest absolute Gasteiger partial charge is 0.414 e. The highest BCUT2D eigenvalue weighted by molar-refractivity contribution is 14.1. The van der Waals surface area contributed by atoms with Crippen molar-refractivity contribution in [1.82, 2.24) is 9.97 Å². The molecule has 0 bridgehead atoms. The van der Waals surface area contributed by atoms with Crippen molar-refractivity contribution in [2.24, 2.45) is 0 Å². The Morgan fingerprint density at radius 3 is 3.00 bits per heavy atom. The number of hydrogen-bond acceptors (Lipinski definition) is 5. The predicted octanol–water partition coefficient (Wildman–Crippen LogP) is 3.62. The van der Waals surface area contributed by atoms with Gasteiger partial charge in [0.25, 0.3) is 0 Å². The summed E-state index contributed by atoms with van der Waals surface area (Å²) in [6.45, 7) is 2.65. The second kappa shape index (κ2) is 7.96. The van der Waals surface area contributed by atoms with Crippen LogP contribution >= 0.6 is 22.6 Å². The molecule has 0 saturated carbocycles. The molecular formula is C14H16IN3O3. The number of unbranched alkanes of at least 4 members (excludes halogenated alkanes) is 1. The molecule has 7 heteroatoms. The molecule has 0 aliphatic rings. The summed E-state index contributed by atoms with van der Waals surface area (Å²) < 4.78 is 11.4. The molecule has 0 unspecified atom stereocenters. The lowest BCUT2D eigenvalue weighted by Crippen LogP contribution is -2.32. The fourth-order valence-electron chi connectivity index (χ4n) is 1.66. The second-order valence-electron chi connectivity index (χ2n) is 4.31. The number of rotatable bonds is 6. The fourth-order valence-corrected chi connectivity index (χ4v) is 2.26. The van der Waals surface area contributed by atoms with E-state index in [-0.39, 0.29) is 6.54 Å². The lowest BCUT2D eigenvalue weighted by Gasteiger charge is -2.21. The largest absolute Gasteiger partial charge is 0.449 e. The van der Waals surface area contributed by atoms with E-state index < -0.39 is 6.09 Å². The summed E-state index contributed by atoms with van der Waals surface area (Å²) in [6.07, 6.45) is 7.71. The molecular weight excluding hydrogens is 385 g/mol. The normalized spacial score (nSPS) is 10.4. The SMILES string of the molecule is CCCCOC(=O)N(Cc1ncco1)c1cnccc1I. The number of hydrogen-bond donors (Lipinski definition) is 0. The van der Waals surface area contributed by atoms with Gasteiger partial charge < -0.3 is 9.15 Å². The van der Waals surface area contributed by atoms with Crippen LogP contribution in [0.5, 0.6) is 0 Å². The first kappa shape index (κ1) is 15.7. The molecule has 0 saturated heterocycles. The molecule has 2 aromatic rings. The molecule has 112 valence electrons. The Hall–Kier alpha value is -1.64. The first-order valence-electron chi connectivity index (χ1n) is 6.64. The van der Waals surface area contributed by atoms with Crippen LogP contribution in [0.3, 0.4) is 0 Å². The van der Waals surface area contributed by atoms with Crippen LogP contribution in [-0.4, -0.2) is 22.7 Å². The lowest BCUT2D eigenvalue weighted by atomic mass is 10.3. The molecule has 2 heterocycles. The maximum atomic E-state index is 12.3. The Balaban J connectivity index is 2.18. The van der Waals surface area contributed by atoms with Crippen molar-refractivity contribution in [3.63, 3.8) is 0 Å². The molecule has 0 aliphatic carbocycles. The minimum atomic E-state index is -0.424. The second-order valence-corrected chi connectivity index (χ2v) is 5.47. The molecule has 0 spiro atoms. The lowest BCUT2D eigenvalue weighted by molar-refractivity contribution is 0.151. The van der Waals surface area contributed by atoms with E-state index in [0.29, 0.717) is 18.2 Å². The van der Waals surface area contributed by atoms with Gasteiger partial charge in [-0.15, -0.1) is 0 Å². The number of pyridine rings is 1. The third-order valence-electron chi connectivity index (χ3n) is 2.76. The maximum Gasteiger partial charge on any atom is 0.414 e. The van der Waals surface area contributed by atoms with E-state index in [1.807, 2.05) is 13.0 Å². The number of halogens is 1. The average molecular weight is 401 g/mol. The van der Waals surface area contributed by atoms with Gasteiger partial charge in [-0.3, -0.25) is 9.88 Å². The summed E-state index contributed by atoms with van der Waals surface area (Å²) in [5.41, 5.74) is 0.679. The zero-order valence-corrected chi connectivity index (χ0v) is 13.8. The van der Waals surface area contributed by atoms with Crippen LogP contribution < -0.4 is 4.90 Å². The summed E-state index contributed by atoms with van der Waals surface area (Å²) in [7, 11) is 0. The Morgan fingerprint density at radius 1 is 1.48 bits per heavy atom. The molecule has 2 rings (SSSR count). The van der Waals surface area contributed by atoms with Gasteiger partial charge in [-0.2, -0.15) is 0 Å². The zero-order chi connectivity index (χ0) is 15.1. The van der Waals surface area contributed by atoms with Gasteiger partial charge in [0, 0.05) is 9.77 Å². The fraction of sp³-hybridized carbons (Fsp3) is 0.357. The molecule has 0 radical (unpaired) electrons. The number of nitrogens with zero attached hydrogens (tertiary/aromatic N) is 3. The van der Waals surface area contributed by atoms with Gasteiger partial charge in [-0.1, -0.05) is 13.3 Å². The molecule has 0 aromatic carbocycles. The molecule has 6 nitrogen and oxygen atoms in total. The third-order valence-corrected chi connectivity index (χ3v) is 3.67. The average Bonchev–Trinajstić information content (AvgIpc) is 2.99. The quantitative estimate of drug-likeness (QED) is 0.547. The van der Waals surface area contributed by atoms with E-state index in [1.165, 1.54) is 11.2 Å². The van der Waals surface area contributed by atoms with E-state index in [0.717, 1.165) is 16.4 Å². The van der Waals surface area contributed by atoms with Crippen LogP contribution in [-0.2, 0) is 11.3 Å². The first-order chi connectivity index (χ1) is 10.2. The Kier molecular flexibility index (Phi) is 5.97. The van der Waals surface area contributed by atoms with Crippen molar-refractivity contribution in [1.29, 1.82) is 0 Å². The molecule has 21 heavy (non-hydrogen) atoms. The van der Waals surface area contributed by atoms with E-state index in [2.05, 4.69) is 32.6 Å².